The van der Waals surface area contributed by atoms with Gasteiger partial charge in [0.2, 0.25) is 0 Å². The molecule has 0 aliphatic carbocycles. The van der Waals surface area contributed by atoms with Crippen LogP contribution in [0, 0.1) is 11.6 Å². The van der Waals surface area contributed by atoms with Gasteiger partial charge in [0.1, 0.15) is 17.5 Å². The van der Waals surface area contributed by atoms with E-state index in [1.165, 1.54) is 16.8 Å². The first-order valence-electron chi connectivity index (χ1n) is 5.84. The van der Waals surface area contributed by atoms with E-state index in [2.05, 4.69) is 4.98 Å². The number of aryl methyl sites for hydroxylation is 1. The second-order valence-electron chi connectivity index (χ2n) is 4.22. The van der Waals surface area contributed by atoms with Gasteiger partial charge >= 0.3 is 0 Å². The Morgan fingerprint density at radius 2 is 1.90 bits per heavy atom. The summed E-state index contributed by atoms with van der Waals surface area (Å²) in [4.78, 5) is 3.86. The molecule has 0 aliphatic rings. The third-order valence-electron chi connectivity index (χ3n) is 2.83. The van der Waals surface area contributed by atoms with E-state index in [0.717, 1.165) is 12.1 Å². The van der Waals surface area contributed by atoms with Crippen LogP contribution >= 0.6 is 0 Å². The Balaban J connectivity index is 2.46. The summed E-state index contributed by atoms with van der Waals surface area (Å²) in [5, 5.41) is 4.68. The largest absolute Gasteiger partial charge is 0.329 e. The lowest BCUT2D eigenvalue weighted by atomic mass is 10.2. The minimum absolute atomic E-state index is 0.149. The van der Waals surface area contributed by atoms with Crippen molar-refractivity contribution in [3.05, 3.63) is 47.4 Å². The molecular weight excluding hydrogens is 288 g/mol. The van der Waals surface area contributed by atoms with E-state index < -0.39 is 21.7 Å². The topological polar surface area (TPSA) is 78.0 Å². The second-order valence-corrected chi connectivity index (χ2v) is 5.73. The van der Waals surface area contributed by atoms with Crippen molar-refractivity contribution < 1.29 is 17.2 Å². The van der Waals surface area contributed by atoms with E-state index in [-0.39, 0.29) is 17.1 Å². The summed E-state index contributed by atoms with van der Waals surface area (Å²) in [6.45, 7) is 1.60. The molecule has 0 bridgehead atoms. The molecule has 0 spiro atoms. The first-order valence-corrected chi connectivity index (χ1v) is 7.39. The highest BCUT2D eigenvalue weighted by atomic mass is 32.2. The van der Waals surface area contributed by atoms with E-state index in [1.54, 1.807) is 6.92 Å². The molecule has 1 aromatic heterocycles. The van der Waals surface area contributed by atoms with Crippen molar-refractivity contribution in [3.63, 3.8) is 0 Å². The Kier molecular flexibility index (Phi) is 3.87. The maximum atomic E-state index is 13.6. The number of imidazole rings is 1. The van der Waals surface area contributed by atoms with E-state index in [4.69, 9.17) is 5.14 Å². The summed E-state index contributed by atoms with van der Waals surface area (Å²) in [7, 11) is -3.95. The van der Waals surface area contributed by atoms with Gasteiger partial charge in [-0.2, -0.15) is 0 Å². The van der Waals surface area contributed by atoms with Crippen LogP contribution in [-0.4, -0.2) is 18.0 Å². The standard InChI is InChI=1S/C12H13F2N3O2S/c1-2-11-16-12(20(15,18)19)7-17(11)6-8-9(13)4-3-5-10(8)14/h3-5,7H,2,6H2,1H3,(H2,15,18,19). The van der Waals surface area contributed by atoms with Gasteiger partial charge in [0.05, 0.1) is 6.54 Å². The summed E-state index contributed by atoms with van der Waals surface area (Å²) in [6.07, 6.45) is 1.59. The van der Waals surface area contributed by atoms with Crippen molar-refractivity contribution in [2.75, 3.05) is 0 Å². The Bertz CT molecular complexity index is 721. The number of benzene rings is 1. The number of hydrogen-bond donors (Lipinski definition) is 1. The molecule has 0 amide bonds. The van der Waals surface area contributed by atoms with Crippen molar-refractivity contribution >= 4 is 10.0 Å². The van der Waals surface area contributed by atoms with Gasteiger partial charge in [0.25, 0.3) is 10.0 Å². The van der Waals surface area contributed by atoms with Crippen LogP contribution in [-0.2, 0) is 23.0 Å². The zero-order chi connectivity index (χ0) is 14.9. The van der Waals surface area contributed by atoms with Crippen LogP contribution in [0.4, 0.5) is 8.78 Å². The van der Waals surface area contributed by atoms with Crippen LogP contribution in [0.25, 0.3) is 0 Å². The molecule has 2 N–H and O–H groups in total. The number of sulfonamides is 1. The molecule has 20 heavy (non-hydrogen) atoms. The average Bonchev–Trinajstić information content (AvgIpc) is 2.77. The van der Waals surface area contributed by atoms with E-state index >= 15 is 0 Å². The van der Waals surface area contributed by atoms with Gasteiger partial charge in [-0.15, -0.1) is 0 Å². The summed E-state index contributed by atoms with van der Waals surface area (Å²) >= 11 is 0. The highest BCUT2D eigenvalue weighted by Crippen LogP contribution is 2.16. The van der Waals surface area contributed by atoms with E-state index in [0.29, 0.717) is 12.2 Å². The first-order chi connectivity index (χ1) is 9.32. The molecule has 0 atom stereocenters. The van der Waals surface area contributed by atoms with Gasteiger partial charge in [-0.1, -0.05) is 13.0 Å². The molecule has 5 nitrogen and oxygen atoms in total. The van der Waals surface area contributed by atoms with Gasteiger partial charge in [0.15, 0.2) is 5.03 Å². The Morgan fingerprint density at radius 1 is 1.30 bits per heavy atom. The van der Waals surface area contributed by atoms with Crippen LogP contribution in [0.1, 0.15) is 18.3 Å². The molecule has 1 heterocycles. The number of rotatable bonds is 4. The predicted octanol–water partition coefficient (Wildman–Crippen LogP) is 1.42. The lowest BCUT2D eigenvalue weighted by Gasteiger charge is -2.08. The van der Waals surface area contributed by atoms with Gasteiger partial charge in [-0.25, -0.2) is 27.3 Å². The second kappa shape index (κ2) is 5.29. The third kappa shape index (κ3) is 2.86. The molecule has 2 rings (SSSR count). The van der Waals surface area contributed by atoms with Gasteiger partial charge in [-0.05, 0) is 12.1 Å². The maximum Gasteiger partial charge on any atom is 0.257 e. The molecule has 0 aliphatic heterocycles. The average molecular weight is 301 g/mol. The number of halogens is 2. The molecule has 2 aromatic rings. The SMILES string of the molecule is CCc1nc(S(N)(=O)=O)cn1Cc1c(F)cccc1F. The number of nitrogens with zero attached hydrogens (tertiary/aromatic N) is 2. The van der Waals surface area contributed by atoms with Crippen LogP contribution in [0.5, 0.6) is 0 Å². The lowest BCUT2D eigenvalue weighted by molar-refractivity contribution is 0.541. The van der Waals surface area contributed by atoms with Crippen LogP contribution in [0.3, 0.4) is 0 Å². The summed E-state index contributed by atoms with van der Waals surface area (Å²) in [6, 6.07) is 3.54. The zero-order valence-electron chi connectivity index (χ0n) is 10.7. The fourth-order valence-electron chi connectivity index (χ4n) is 1.84. The maximum absolute atomic E-state index is 13.6. The number of hydrogen-bond acceptors (Lipinski definition) is 3. The Labute approximate surface area is 115 Å². The molecule has 0 unspecified atom stereocenters. The number of aromatic nitrogens is 2. The first kappa shape index (κ1) is 14.6. The quantitative estimate of drug-likeness (QED) is 0.927. The normalized spacial score (nSPS) is 11.8. The predicted molar refractivity (Wildman–Crippen MR) is 68.4 cm³/mol. The van der Waals surface area contributed by atoms with Crippen molar-refractivity contribution in [2.24, 2.45) is 5.14 Å². The van der Waals surface area contributed by atoms with E-state index in [1.807, 2.05) is 0 Å². The number of primary sulfonamides is 1. The van der Waals surface area contributed by atoms with Crippen molar-refractivity contribution in [2.45, 2.75) is 24.9 Å². The molecule has 0 saturated heterocycles. The molecular formula is C12H13F2N3O2S. The highest BCUT2D eigenvalue weighted by molar-refractivity contribution is 7.89. The van der Waals surface area contributed by atoms with Gasteiger partial charge in [0, 0.05) is 18.2 Å². The molecule has 0 fully saturated rings. The molecule has 108 valence electrons. The van der Waals surface area contributed by atoms with Crippen molar-refractivity contribution in [3.8, 4) is 0 Å². The minimum Gasteiger partial charge on any atom is -0.329 e. The lowest BCUT2D eigenvalue weighted by Crippen LogP contribution is -2.12. The fraction of sp³-hybridized carbons (Fsp3) is 0.250. The minimum atomic E-state index is -3.95. The highest BCUT2D eigenvalue weighted by Gasteiger charge is 2.17. The summed E-state index contributed by atoms with van der Waals surface area (Å²) in [5.41, 5.74) is -0.152. The fourth-order valence-corrected chi connectivity index (χ4v) is 2.34. The van der Waals surface area contributed by atoms with Crippen molar-refractivity contribution in [1.82, 2.24) is 9.55 Å². The molecule has 8 heteroatoms. The third-order valence-corrected chi connectivity index (χ3v) is 3.61. The van der Waals surface area contributed by atoms with Crippen LogP contribution in [0.15, 0.2) is 29.4 Å². The summed E-state index contributed by atoms with van der Waals surface area (Å²) in [5.74, 6) is -1.01. The van der Waals surface area contributed by atoms with Crippen LogP contribution < -0.4 is 5.14 Å². The molecule has 0 radical (unpaired) electrons. The van der Waals surface area contributed by atoms with Crippen LogP contribution in [0.2, 0.25) is 0 Å². The number of nitrogens with two attached hydrogens (primary N) is 1. The van der Waals surface area contributed by atoms with Gasteiger partial charge in [-0.3, -0.25) is 0 Å². The zero-order valence-corrected chi connectivity index (χ0v) is 11.5. The molecule has 0 saturated carbocycles. The smallest absolute Gasteiger partial charge is 0.257 e. The molecule has 1 aromatic carbocycles. The van der Waals surface area contributed by atoms with Gasteiger partial charge < -0.3 is 4.57 Å². The van der Waals surface area contributed by atoms with E-state index in [9.17, 15) is 17.2 Å². The Morgan fingerprint density at radius 3 is 2.40 bits per heavy atom. The summed E-state index contributed by atoms with van der Waals surface area (Å²) < 4.78 is 51.1. The Hall–Kier alpha value is -1.80. The van der Waals surface area contributed by atoms with Crippen molar-refractivity contribution in [1.29, 1.82) is 0 Å². The monoisotopic (exact) mass is 301 g/mol.